The summed E-state index contributed by atoms with van der Waals surface area (Å²) in [6, 6.07) is 15.2. The lowest BCUT2D eigenvalue weighted by Gasteiger charge is -2.21. The fraction of sp³-hybridized carbons (Fsp3) is 0.280. The first-order valence-corrected chi connectivity index (χ1v) is 11.3. The molecule has 0 unspecified atom stereocenters. The van der Waals surface area contributed by atoms with Gasteiger partial charge in [0.1, 0.15) is 17.0 Å². The second-order valence-electron chi connectivity index (χ2n) is 7.58. The fourth-order valence-corrected chi connectivity index (χ4v) is 4.88. The summed E-state index contributed by atoms with van der Waals surface area (Å²) in [7, 11) is 0. The first-order chi connectivity index (χ1) is 14.5. The van der Waals surface area contributed by atoms with Gasteiger partial charge in [-0.1, -0.05) is 18.2 Å². The van der Waals surface area contributed by atoms with Gasteiger partial charge in [-0.2, -0.15) is 0 Å². The van der Waals surface area contributed by atoms with E-state index in [1.807, 2.05) is 0 Å². The molecule has 1 N–H and O–H groups in total. The van der Waals surface area contributed by atoms with E-state index in [1.165, 1.54) is 32.8 Å². The molecular weight excluding hydrogens is 388 g/mol. The van der Waals surface area contributed by atoms with Crippen LogP contribution < -0.4 is 10.2 Å². The zero-order valence-electron chi connectivity index (χ0n) is 18.3. The van der Waals surface area contributed by atoms with Gasteiger partial charge < -0.3 is 10.2 Å². The largest absolute Gasteiger partial charge is 0.372 e. The van der Waals surface area contributed by atoms with E-state index < -0.39 is 0 Å². The molecule has 4 rings (SSSR count). The quantitative estimate of drug-likeness (QED) is 0.372. The third kappa shape index (κ3) is 3.77. The molecule has 4 nitrogen and oxygen atoms in total. The van der Waals surface area contributed by atoms with Crippen LogP contribution in [0.2, 0.25) is 0 Å². The van der Waals surface area contributed by atoms with Gasteiger partial charge in [-0.25, -0.2) is 9.97 Å². The molecule has 154 valence electrons. The van der Waals surface area contributed by atoms with E-state index in [4.69, 9.17) is 0 Å². The number of thiophene rings is 1. The van der Waals surface area contributed by atoms with Crippen LogP contribution in [0.25, 0.3) is 21.3 Å². The Balaban J connectivity index is 1.76. The summed E-state index contributed by atoms with van der Waals surface area (Å²) in [4.78, 5) is 13.8. The SMILES string of the molecule is CCN(CC)c1ccc(Nc2ncnc3sc(C)c(-c4ccc(C)c(C)c4)c23)cc1. The van der Waals surface area contributed by atoms with Crippen molar-refractivity contribution in [2.24, 2.45) is 0 Å². The summed E-state index contributed by atoms with van der Waals surface area (Å²) in [6.45, 7) is 12.8. The molecule has 0 aliphatic carbocycles. The summed E-state index contributed by atoms with van der Waals surface area (Å²) in [5.41, 5.74) is 7.31. The number of nitrogens with zero attached hydrogens (tertiary/aromatic N) is 3. The van der Waals surface area contributed by atoms with Crippen molar-refractivity contribution in [3.63, 3.8) is 0 Å². The Morgan fingerprint density at radius 1 is 0.900 bits per heavy atom. The van der Waals surface area contributed by atoms with Crippen LogP contribution in [-0.2, 0) is 0 Å². The zero-order valence-corrected chi connectivity index (χ0v) is 19.1. The summed E-state index contributed by atoms with van der Waals surface area (Å²) < 4.78 is 0. The van der Waals surface area contributed by atoms with E-state index in [9.17, 15) is 0 Å². The maximum Gasteiger partial charge on any atom is 0.143 e. The van der Waals surface area contributed by atoms with Crippen LogP contribution >= 0.6 is 11.3 Å². The Bertz CT molecular complexity index is 1170. The van der Waals surface area contributed by atoms with Gasteiger partial charge >= 0.3 is 0 Å². The highest BCUT2D eigenvalue weighted by molar-refractivity contribution is 7.19. The monoisotopic (exact) mass is 416 g/mol. The van der Waals surface area contributed by atoms with Crippen LogP contribution in [0.1, 0.15) is 29.9 Å². The van der Waals surface area contributed by atoms with Crippen LogP contribution in [-0.4, -0.2) is 23.1 Å². The number of aryl methyl sites for hydroxylation is 3. The first kappa shape index (κ1) is 20.4. The van der Waals surface area contributed by atoms with E-state index >= 15 is 0 Å². The molecule has 0 aliphatic heterocycles. The standard InChI is InChI=1S/C25H28N4S/c1-6-29(7-2)21-12-10-20(11-13-21)28-24-23-22(18(5)30-25(23)27-15-26-24)19-9-8-16(3)17(4)14-19/h8-15H,6-7H2,1-5H3,(H,26,27,28). The molecule has 30 heavy (non-hydrogen) atoms. The number of hydrogen-bond donors (Lipinski definition) is 1. The number of benzene rings is 2. The van der Waals surface area contributed by atoms with Gasteiger partial charge in [0, 0.05) is 34.9 Å². The van der Waals surface area contributed by atoms with Gasteiger partial charge in [0.25, 0.3) is 0 Å². The third-order valence-electron chi connectivity index (χ3n) is 5.72. The Labute approximate surface area is 182 Å². The zero-order chi connectivity index (χ0) is 21.3. The maximum absolute atomic E-state index is 4.61. The Kier molecular flexibility index (Phi) is 5.73. The van der Waals surface area contributed by atoms with Crippen molar-refractivity contribution in [3.05, 3.63) is 64.8 Å². The summed E-state index contributed by atoms with van der Waals surface area (Å²) in [6.07, 6.45) is 1.65. The number of rotatable bonds is 6. The van der Waals surface area contributed by atoms with Crippen molar-refractivity contribution in [2.75, 3.05) is 23.3 Å². The minimum atomic E-state index is 0.855. The molecule has 0 amide bonds. The van der Waals surface area contributed by atoms with E-state index in [-0.39, 0.29) is 0 Å². The lowest BCUT2D eigenvalue weighted by atomic mass is 9.99. The van der Waals surface area contributed by atoms with Crippen molar-refractivity contribution in [1.29, 1.82) is 0 Å². The topological polar surface area (TPSA) is 41.0 Å². The number of aromatic nitrogens is 2. The van der Waals surface area contributed by atoms with E-state index in [1.54, 1.807) is 17.7 Å². The molecule has 4 aromatic rings. The molecule has 2 aromatic heterocycles. The fourth-order valence-electron chi connectivity index (χ4n) is 3.86. The van der Waals surface area contributed by atoms with Gasteiger partial charge in [0.05, 0.1) is 5.39 Å². The van der Waals surface area contributed by atoms with Crippen LogP contribution in [0.5, 0.6) is 0 Å². The van der Waals surface area contributed by atoms with Crippen LogP contribution in [0.15, 0.2) is 48.8 Å². The van der Waals surface area contributed by atoms with Crippen LogP contribution in [0, 0.1) is 20.8 Å². The number of hydrogen-bond acceptors (Lipinski definition) is 5. The first-order valence-electron chi connectivity index (χ1n) is 10.5. The minimum absolute atomic E-state index is 0.855. The number of nitrogens with one attached hydrogen (secondary N) is 1. The third-order valence-corrected chi connectivity index (χ3v) is 6.73. The molecule has 2 aromatic carbocycles. The molecule has 0 atom stereocenters. The highest BCUT2D eigenvalue weighted by Gasteiger charge is 2.17. The highest BCUT2D eigenvalue weighted by Crippen LogP contribution is 2.41. The average molecular weight is 417 g/mol. The lowest BCUT2D eigenvalue weighted by molar-refractivity contribution is 0.866. The number of fused-ring (bicyclic) bond motifs is 1. The molecule has 0 spiro atoms. The molecule has 5 heteroatoms. The summed E-state index contributed by atoms with van der Waals surface area (Å²) >= 11 is 1.72. The maximum atomic E-state index is 4.61. The molecule has 0 fully saturated rings. The van der Waals surface area contributed by atoms with Gasteiger partial charge in [-0.3, -0.25) is 0 Å². The van der Waals surface area contributed by atoms with Crippen molar-refractivity contribution in [1.82, 2.24) is 9.97 Å². The van der Waals surface area contributed by atoms with Crippen molar-refractivity contribution in [2.45, 2.75) is 34.6 Å². The van der Waals surface area contributed by atoms with Crippen molar-refractivity contribution >= 4 is 38.7 Å². The van der Waals surface area contributed by atoms with Crippen molar-refractivity contribution < 1.29 is 0 Å². The van der Waals surface area contributed by atoms with Crippen molar-refractivity contribution in [3.8, 4) is 11.1 Å². The van der Waals surface area contributed by atoms with E-state index in [0.29, 0.717) is 0 Å². The van der Waals surface area contributed by atoms with Crippen LogP contribution in [0.3, 0.4) is 0 Å². The second kappa shape index (κ2) is 8.44. The normalized spacial score (nSPS) is 11.1. The van der Waals surface area contributed by atoms with Gasteiger partial charge in [-0.15, -0.1) is 11.3 Å². The molecule has 0 aliphatic rings. The van der Waals surface area contributed by atoms with Gasteiger partial charge in [0.15, 0.2) is 0 Å². The Morgan fingerprint density at radius 3 is 2.30 bits per heavy atom. The predicted octanol–water partition coefficient (Wildman–Crippen LogP) is 6.87. The average Bonchev–Trinajstić information content (AvgIpc) is 3.09. The van der Waals surface area contributed by atoms with E-state index in [0.717, 1.165) is 34.8 Å². The summed E-state index contributed by atoms with van der Waals surface area (Å²) in [5.74, 6) is 0.855. The Hall–Kier alpha value is -2.92. The lowest BCUT2D eigenvalue weighted by Crippen LogP contribution is -2.21. The van der Waals surface area contributed by atoms with Gasteiger partial charge in [-0.05, 0) is 75.6 Å². The molecule has 0 bridgehead atoms. The molecule has 0 saturated heterocycles. The van der Waals surface area contributed by atoms with Gasteiger partial charge in [0.2, 0.25) is 0 Å². The number of anilines is 3. The predicted molar refractivity (Wildman–Crippen MR) is 130 cm³/mol. The summed E-state index contributed by atoms with van der Waals surface area (Å²) in [5, 5.41) is 4.63. The highest BCUT2D eigenvalue weighted by atomic mass is 32.1. The molecule has 0 saturated carbocycles. The molecule has 0 radical (unpaired) electrons. The Morgan fingerprint density at radius 2 is 1.63 bits per heavy atom. The second-order valence-corrected chi connectivity index (χ2v) is 8.78. The smallest absolute Gasteiger partial charge is 0.143 e. The molecule has 2 heterocycles. The van der Waals surface area contributed by atoms with E-state index in [2.05, 4.69) is 97.3 Å². The minimum Gasteiger partial charge on any atom is -0.372 e. The molecular formula is C25H28N4S. The van der Waals surface area contributed by atoms with Crippen LogP contribution in [0.4, 0.5) is 17.2 Å².